The number of anilines is 1. The highest BCUT2D eigenvalue weighted by Gasteiger charge is 2.04. The zero-order valence-corrected chi connectivity index (χ0v) is 12.0. The van der Waals surface area contributed by atoms with E-state index in [1.54, 1.807) is 13.2 Å². The van der Waals surface area contributed by atoms with E-state index in [4.69, 9.17) is 10.00 Å². The van der Waals surface area contributed by atoms with Gasteiger partial charge in [-0.3, -0.25) is 0 Å². The molecule has 2 rings (SSSR count). The summed E-state index contributed by atoms with van der Waals surface area (Å²) in [4.78, 5) is 0. The van der Waals surface area contributed by atoms with Crippen molar-refractivity contribution in [3.63, 3.8) is 0 Å². The molecule has 0 fully saturated rings. The number of benzene rings is 2. The Morgan fingerprint density at radius 1 is 1.15 bits per heavy atom. The molecule has 2 aromatic rings. The number of ether oxygens (including phenoxy) is 1. The molecule has 0 spiro atoms. The maximum atomic E-state index is 8.97. The summed E-state index contributed by atoms with van der Waals surface area (Å²) in [5.41, 5.74) is 5.23. The number of rotatable bonds is 4. The number of nitrogens with one attached hydrogen (secondary N) is 1. The lowest BCUT2D eigenvalue weighted by molar-refractivity contribution is 0.413. The first kappa shape index (κ1) is 14.0. The molecule has 3 heteroatoms. The van der Waals surface area contributed by atoms with Gasteiger partial charge in [0.25, 0.3) is 0 Å². The first-order valence-corrected chi connectivity index (χ1v) is 6.52. The van der Waals surface area contributed by atoms with E-state index in [9.17, 15) is 0 Å². The van der Waals surface area contributed by atoms with Gasteiger partial charge in [0.1, 0.15) is 11.8 Å². The van der Waals surface area contributed by atoms with Crippen molar-refractivity contribution in [2.24, 2.45) is 0 Å². The van der Waals surface area contributed by atoms with Crippen LogP contribution in [0.15, 0.2) is 36.4 Å². The van der Waals surface area contributed by atoms with Crippen LogP contribution in [0, 0.1) is 25.2 Å². The third-order valence-electron chi connectivity index (χ3n) is 3.26. The van der Waals surface area contributed by atoms with Gasteiger partial charge in [0.2, 0.25) is 0 Å². The Kier molecular flexibility index (Phi) is 4.27. The smallest absolute Gasteiger partial charge is 0.136 e. The van der Waals surface area contributed by atoms with Crippen molar-refractivity contribution in [3.05, 3.63) is 58.7 Å². The second kappa shape index (κ2) is 6.12. The number of hydrogen-bond donors (Lipinski definition) is 1. The average molecular weight is 266 g/mol. The minimum absolute atomic E-state index is 0.558. The number of nitriles is 1. The monoisotopic (exact) mass is 266 g/mol. The van der Waals surface area contributed by atoms with Crippen molar-refractivity contribution in [2.45, 2.75) is 20.4 Å². The van der Waals surface area contributed by atoms with Gasteiger partial charge >= 0.3 is 0 Å². The summed E-state index contributed by atoms with van der Waals surface area (Å²) in [5.74, 6) is 0.618. The van der Waals surface area contributed by atoms with E-state index in [2.05, 4.69) is 43.4 Å². The Balaban J connectivity index is 2.15. The van der Waals surface area contributed by atoms with E-state index >= 15 is 0 Å². The van der Waals surface area contributed by atoms with Crippen molar-refractivity contribution in [2.75, 3.05) is 12.4 Å². The van der Waals surface area contributed by atoms with Gasteiger partial charge in [0.05, 0.1) is 12.7 Å². The quantitative estimate of drug-likeness (QED) is 0.915. The Hall–Kier alpha value is -2.47. The van der Waals surface area contributed by atoms with E-state index in [0.29, 0.717) is 17.9 Å². The molecule has 0 aliphatic carbocycles. The average Bonchev–Trinajstić information content (AvgIpc) is 2.47. The topological polar surface area (TPSA) is 45.0 Å². The number of hydrogen-bond acceptors (Lipinski definition) is 3. The third kappa shape index (κ3) is 3.10. The minimum atomic E-state index is 0.558. The molecule has 0 aliphatic heterocycles. The zero-order valence-electron chi connectivity index (χ0n) is 12.0. The largest absolute Gasteiger partial charge is 0.495 e. The predicted molar refractivity (Wildman–Crippen MR) is 81.0 cm³/mol. The molecule has 0 radical (unpaired) electrons. The summed E-state index contributed by atoms with van der Waals surface area (Å²) in [6, 6.07) is 14.1. The fourth-order valence-electron chi connectivity index (χ4n) is 2.06. The highest BCUT2D eigenvalue weighted by Crippen LogP contribution is 2.21. The van der Waals surface area contributed by atoms with Gasteiger partial charge in [-0.15, -0.1) is 0 Å². The summed E-state index contributed by atoms with van der Waals surface area (Å²) in [7, 11) is 1.58. The molecule has 2 aromatic carbocycles. The maximum Gasteiger partial charge on any atom is 0.136 e. The van der Waals surface area contributed by atoms with Crippen molar-refractivity contribution < 1.29 is 4.74 Å². The summed E-state index contributed by atoms with van der Waals surface area (Å²) in [6.07, 6.45) is 0. The second-order valence-electron chi connectivity index (χ2n) is 4.82. The lowest BCUT2D eigenvalue weighted by Crippen LogP contribution is -2.02. The zero-order chi connectivity index (χ0) is 14.5. The van der Waals surface area contributed by atoms with Crippen LogP contribution in [0.1, 0.15) is 22.3 Å². The fourth-order valence-corrected chi connectivity index (χ4v) is 2.06. The molecule has 0 unspecified atom stereocenters. The van der Waals surface area contributed by atoms with Crippen molar-refractivity contribution >= 4 is 5.69 Å². The molecule has 0 amide bonds. The van der Waals surface area contributed by atoms with Crippen molar-refractivity contribution in [3.8, 4) is 11.8 Å². The molecule has 0 aliphatic rings. The van der Waals surface area contributed by atoms with E-state index in [1.807, 2.05) is 12.1 Å². The van der Waals surface area contributed by atoms with Crippen LogP contribution in [-0.2, 0) is 6.54 Å². The van der Waals surface area contributed by atoms with Gasteiger partial charge < -0.3 is 10.1 Å². The van der Waals surface area contributed by atoms with E-state index in [1.165, 1.54) is 11.1 Å². The highest BCUT2D eigenvalue weighted by atomic mass is 16.5. The number of methoxy groups -OCH3 is 1. The first-order valence-electron chi connectivity index (χ1n) is 6.52. The van der Waals surface area contributed by atoms with E-state index < -0.39 is 0 Å². The molecular formula is C17H18N2O. The van der Waals surface area contributed by atoms with Crippen LogP contribution < -0.4 is 10.1 Å². The van der Waals surface area contributed by atoms with Gasteiger partial charge in [0.15, 0.2) is 0 Å². The SMILES string of the molecule is COc1cc(CNc2cc(C)ccc2C)ccc1C#N. The van der Waals surface area contributed by atoms with Crippen molar-refractivity contribution in [1.29, 1.82) is 5.26 Å². The summed E-state index contributed by atoms with van der Waals surface area (Å²) in [5, 5.41) is 12.4. The Bertz CT molecular complexity index is 657. The minimum Gasteiger partial charge on any atom is -0.495 e. The maximum absolute atomic E-state index is 8.97. The van der Waals surface area contributed by atoms with E-state index in [0.717, 1.165) is 11.3 Å². The van der Waals surface area contributed by atoms with Crippen LogP contribution in [0.3, 0.4) is 0 Å². The lowest BCUT2D eigenvalue weighted by atomic mass is 10.1. The van der Waals surface area contributed by atoms with Gasteiger partial charge in [0, 0.05) is 12.2 Å². The first-order chi connectivity index (χ1) is 9.63. The summed E-state index contributed by atoms with van der Waals surface area (Å²) >= 11 is 0. The fraction of sp³-hybridized carbons (Fsp3) is 0.235. The van der Waals surface area contributed by atoms with Gasteiger partial charge in [-0.1, -0.05) is 18.2 Å². The van der Waals surface area contributed by atoms with Crippen LogP contribution >= 0.6 is 0 Å². The molecule has 0 bridgehead atoms. The predicted octanol–water partition coefficient (Wildman–Crippen LogP) is 3.80. The van der Waals surface area contributed by atoms with Crippen LogP contribution in [0.5, 0.6) is 5.75 Å². The second-order valence-corrected chi connectivity index (χ2v) is 4.82. The summed E-state index contributed by atoms with van der Waals surface area (Å²) in [6.45, 7) is 4.86. The van der Waals surface area contributed by atoms with Crippen LogP contribution in [0.2, 0.25) is 0 Å². The highest BCUT2D eigenvalue weighted by molar-refractivity contribution is 5.53. The Morgan fingerprint density at radius 2 is 1.95 bits per heavy atom. The van der Waals surface area contributed by atoms with E-state index in [-0.39, 0.29) is 0 Å². The van der Waals surface area contributed by atoms with Crippen LogP contribution in [-0.4, -0.2) is 7.11 Å². The standard InChI is InChI=1S/C17H18N2O/c1-12-4-5-13(2)16(8-12)19-11-14-6-7-15(10-18)17(9-14)20-3/h4-9,19H,11H2,1-3H3. The molecule has 102 valence electrons. The van der Waals surface area contributed by atoms with Crippen molar-refractivity contribution in [1.82, 2.24) is 0 Å². The molecule has 3 nitrogen and oxygen atoms in total. The normalized spacial score (nSPS) is 9.90. The number of aryl methyl sites for hydroxylation is 2. The summed E-state index contributed by atoms with van der Waals surface area (Å²) < 4.78 is 5.22. The number of nitrogens with zero attached hydrogens (tertiary/aromatic N) is 1. The molecule has 0 aromatic heterocycles. The molecule has 0 saturated carbocycles. The lowest BCUT2D eigenvalue weighted by Gasteiger charge is -2.11. The molecule has 0 saturated heterocycles. The Morgan fingerprint density at radius 3 is 2.65 bits per heavy atom. The molecule has 20 heavy (non-hydrogen) atoms. The van der Waals surface area contributed by atoms with Crippen LogP contribution in [0.25, 0.3) is 0 Å². The van der Waals surface area contributed by atoms with Crippen LogP contribution in [0.4, 0.5) is 5.69 Å². The molecule has 1 N–H and O–H groups in total. The molecule has 0 heterocycles. The van der Waals surface area contributed by atoms with Gasteiger partial charge in [-0.25, -0.2) is 0 Å². The molecular weight excluding hydrogens is 248 g/mol. The Labute approximate surface area is 119 Å². The third-order valence-corrected chi connectivity index (χ3v) is 3.26. The molecule has 0 atom stereocenters. The van der Waals surface area contributed by atoms with Gasteiger partial charge in [-0.2, -0.15) is 5.26 Å². The van der Waals surface area contributed by atoms with Gasteiger partial charge in [-0.05, 0) is 48.7 Å².